The van der Waals surface area contributed by atoms with Crippen LogP contribution in [0.1, 0.15) is 10.4 Å². The van der Waals surface area contributed by atoms with Crippen molar-refractivity contribution in [3.05, 3.63) is 27.3 Å². The van der Waals surface area contributed by atoms with Crippen molar-refractivity contribution in [2.75, 3.05) is 20.3 Å². The van der Waals surface area contributed by atoms with Gasteiger partial charge in [-0.25, -0.2) is 5.48 Å². The fraction of sp³-hybridized carbons (Fsp3) is 0.300. The van der Waals surface area contributed by atoms with E-state index in [1.807, 2.05) is 0 Å². The first-order chi connectivity index (χ1) is 7.65. The highest BCUT2D eigenvalue weighted by atomic mass is 127. The second kappa shape index (κ2) is 6.66. The first-order valence-corrected chi connectivity index (χ1v) is 5.62. The maximum absolute atomic E-state index is 11.5. The van der Waals surface area contributed by atoms with Gasteiger partial charge in [0.1, 0.15) is 5.75 Å². The molecule has 0 bridgehead atoms. The summed E-state index contributed by atoms with van der Waals surface area (Å²) in [5.74, 6) is -0.555. The molecule has 0 atom stereocenters. The predicted molar refractivity (Wildman–Crippen MR) is 66.1 cm³/mol. The SMILES string of the molecule is COCCONC(=O)c1cc(I)ccc1O. The Hall–Kier alpha value is -0.860. The number of ether oxygens (including phenoxy) is 1. The lowest BCUT2D eigenvalue weighted by molar-refractivity contribution is 0.00874. The zero-order chi connectivity index (χ0) is 12.0. The van der Waals surface area contributed by atoms with Crippen molar-refractivity contribution in [1.29, 1.82) is 0 Å². The number of carbonyl (C=O) groups is 1. The number of methoxy groups -OCH3 is 1. The van der Waals surface area contributed by atoms with Gasteiger partial charge >= 0.3 is 0 Å². The molecule has 0 radical (unpaired) electrons. The fourth-order valence-electron chi connectivity index (χ4n) is 0.987. The van der Waals surface area contributed by atoms with Crippen molar-refractivity contribution in [3.8, 4) is 5.75 Å². The van der Waals surface area contributed by atoms with Gasteiger partial charge in [0.15, 0.2) is 0 Å². The quantitative estimate of drug-likeness (QED) is 0.483. The molecule has 88 valence electrons. The molecule has 0 saturated heterocycles. The standard InChI is InChI=1S/C10H12INO4/c1-15-4-5-16-12-10(14)8-6-7(11)2-3-9(8)13/h2-3,6,13H,4-5H2,1H3,(H,12,14). The molecule has 6 heteroatoms. The van der Waals surface area contributed by atoms with Crippen molar-refractivity contribution in [2.24, 2.45) is 0 Å². The summed E-state index contributed by atoms with van der Waals surface area (Å²) in [6.07, 6.45) is 0. The van der Waals surface area contributed by atoms with Crippen LogP contribution in [0, 0.1) is 3.57 Å². The molecule has 0 fully saturated rings. The van der Waals surface area contributed by atoms with E-state index in [1.54, 1.807) is 12.1 Å². The van der Waals surface area contributed by atoms with Crippen LogP contribution >= 0.6 is 22.6 Å². The first kappa shape index (κ1) is 13.2. The number of amides is 1. The van der Waals surface area contributed by atoms with E-state index in [9.17, 15) is 9.90 Å². The maximum atomic E-state index is 11.5. The number of benzene rings is 1. The van der Waals surface area contributed by atoms with Crippen LogP contribution in [0.15, 0.2) is 18.2 Å². The van der Waals surface area contributed by atoms with Gasteiger partial charge in [0, 0.05) is 10.7 Å². The van der Waals surface area contributed by atoms with Gasteiger partial charge in [-0.05, 0) is 40.8 Å². The molecule has 0 saturated carbocycles. The zero-order valence-corrected chi connectivity index (χ0v) is 10.9. The lowest BCUT2D eigenvalue weighted by Crippen LogP contribution is -2.25. The number of carbonyl (C=O) groups excluding carboxylic acids is 1. The van der Waals surface area contributed by atoms with E-state index in [0.29, 0.717) is 6.61 Å². The minimum atomic E-state index is -0.480. The van der Waals surface area contributed by atoms with E-state index in [1.165, 1.54) is 13.2 Å². The topological polar surface area (TPSA) is 67.8 Å². The number of halogens is 1. The van der Waals surface area contributed by atoms with Gasteiger partial charge in [0.2, 0.25) is 0 Å². The van der Waals surface area contributed by atoms with Crippen molar-refractivity contribution in [2.45, 2.75) is 0 Å². The van der Waals surface area contributed by atoms with E-state index >= 15 is 0 Å². The molecule has 1 amide bonds. The fourth-order valence-corrected chi connectivity index (χ4v) is 1.48. The van der Waals surface area contributed by atoms with Gasteiger partial charge in [-0.15, -0.1) is 0 Å². The Labute approximate surface area is 107 Å². The van der Waals surface area contributed by atoms with Crippen molar-refractivity contribution < 1.29 is 19.5 Å². The average Bonchev–Trinajstić information content (AvgIpc) is 2.27. The highest BCUT2D eigenvalue weighted by Crippen LogP contribution is 2.19. The van der Waals surface area contributed by atoms with Crippen LogP contribution in [-0.2, 0) is 9.57 Å². The molecule has 0 aliphatic rings. The second-order valence-electron chi connectivity index (χ2n) is 2.93. The summed E-state index contributed by atoms with van der Waals surface area (Å²) in [5, 5.41) is 9.46. The molecule has 1 rings (SSSR count). The Morgan fingerprint density at radius 3 is 2.94 bits per heavy atom. The molecular weight excluding hydrogens is 325 g/mol. The number of rotatable bonds is 5. The third-order valence-electron chi connectivity index (χ3n) is 1.76. The molecule has 5 nitrogen and oxygen atoms in total. The van der Waals surface area contributed by atoms with Crippen LogP contribution < -0.4 is 5.48 Å². The Balaban J connectivity index is 2.55. The monoisotopic (exact) mass is 337 g/mol. The van der Waals surface area contributed by atoms with Crippen LogP contribution in [0.3, 0.4) is 0 Å². The van der Waals surface area contributed by atoms with E-state index in [0.717, 1.165) is 3.57 Å². The average molecular weight is 337 g/mol. The Morgan fingerprint density at radius 2 is 2.25 bits per heavy atom. The van der Waals surface area contributed by atoms with Crippen LogP contribution in [0.4, 0.5) is 0 Å². The molecule has 0 unspecified atom stereocenters. The second-order valence-corrected chi connectivity index (χ2v) is 4.18. The van der Waals surface area contributed by atoms with Crippen molar-refractivity contribution in [1.82, 2.24) is 5.48 Å². The van der Waals surface area contributed by atoms with Crippen molar-refractivity contribution >= 4 is 28.5 Å². The van der Waals surface area contributed by atoms with E-state index < -0.39 is 5.91 Å². The lowest BCUT2D eigenvalue weighted by atomic mass is 10.2. The van der Waals surface area contributed by atoms with Crippen LogP contribution in [0.25, 0.3) is 0 Å². The summed E-state index contributed by atoms with van der Waals surface area (Å²) in [5.41, 5.74) is 2.40. The Morgan fingerprint density at radius 1 is 1.50 bits per heavy atom. The van der Waals surface area contributed by atoms with Gasteiger partial charge in [-0.1, -0.05) is 0 Å². The number of phenolic OH excluding ortho intramolecular Hbond substituents is 1. The number of aromatic hydroxyl groups is 1. The van der Waals surface area contributed by atoms with Gasteiger partial charge in [0.25, 0.3) is 5.91 Å². The number of nitrogens with one attached hydrogen (secondary N) is 1. The lowest BCUT2D eigenvalue weighted by Gasteiger charge is -2.07. The highest BCUT2D eigenvalue weighted by Gasteiger charge is 2.11. The third-order valence-corrected chi connectivity index (χ3v) is 2.43. The number of hydrogen-bond donors (Lipinski definition) is 2. The molecule has 0 heterocycles. The van der Waals surface area contributed by atoms with Gasteiger partial charge < -0.3 is 9.84 Å². The third kappa shape index (κ3) is 3.95. The summed E-state index contributed by atoms with van der Waals surface area (Å²) < 4.78 is 5.60. The molecule has 2 N–H and O–H groups in total. The summed E-state index contributed by atoms with van der Waals surface area (Å²) in [6, 6.07) is 4.75. The first-order valence-electron chi connectivity index (χ1n) is 4.54. The normalized spacial score (nSPS) is 10.1. The van der Waals surface area contributed by atoms with Gasteiger partial charge in [-0.2, -0.15) is 0 Å². The Kier molecular flexibility index (Phi) is 5.50. The molecule has 1 aromatic carbocycles. The molecule has 0 aliphatic carbocycles. The number of hydrogen-bond acceptors (Lipinski definition) is 4. The minimum Gasteiger partial charge on any atom is -0.507 e. The molecular formula is C10H12INO4. The molecule has 16 heavy (non-hydrogen) atoms. The molecule has 0 spiro atoms. The van der Waals surface area contributed by atoms with E-state index in [-0.39, 0.29) is 17.9 Å². The van der Waals surface area contributed by atoms with E-state index in [2.05, 4.69) is 28.1 Å². The van der Waals surface area contributed by atoms with E-state index in [4.69, 9.17) is 9.57 Å². The minimum absolute atomic E-state index is 0.0757. The number of phenols is 1. The van der Waals surface area contributed by atoms with Crippen LogP contribution in [0.5, 0.6) is 5.75 Å². The Bertz CT molecular complexity index is 370. The van der Waals surface area contributed by atoms with Gasteiger partial charge in [-0.3, -0.25) is 9.63 Å². The number of hydroxylamine groups is 1. The smallest absolute Gasteiger partial charge is 0.278 e. The molecule has 1 aromatic rings. The largest absolute Gasteiger partial charge is 0.507 e. The molecule has 0 aliphatic heterocycles. The van der Waals surface area contributed by atoms with Crippen LogP contribution in [-0.4, -0.2) is 31.3 Å². The summed E-state index contributed by atoms with van der Waals surface area (Å²) in [7, 11) is 1.54. The summed E-state index contributed by atoms with van der Waals surface area (Å²) in [6.45, 7) is 0.644. The summed E-state index contributed by atoms with van der Waals surface area (Å²) >= 11 is 2.05. The maximum Gasteiger partial charge on any atom is 0.278 e. The van der Waals surface area contributed by atoms with Crippen LogP contribution in [0.2, 0.25) is 0 Å². The highest BCUT2D eigenvalue weighted by molar-refractivity contribution is 14.1. The molecule has 0 aromatic heterocycles. The van der Waals surface area contributed by atoms with Gasteiger partial charge in [0.05, 0.1) is 18.8 Å². The predicted octanol–water partition coefficient (Wildman–Crippen LogP) is 1.30. The van der Waals surface area contributed by atoms with Crippen molar-refractivity contribution in [3.63, 3.8) is 0 Å². The zero-order valence-electron chi connectivity index (χ0n) is 8.70. The summed E-state index contributed by atoms with van der Waals surface area (Å²) in [4.78, 5) is 16.4.